The van der Waals surface area contributed by atoms with Crippen LogP contribution in [0.3, 0.4) is 0 Å². The van der Waals surface area contributed by atoms with E-state index in [1.807, 2.05) is 0 Å². The fraction of sp³-hybridized carbons (Fsp3) is 1.00. The summed E-state index contributed by atoms with van der Waals surface area (Å²) in [6, 6.07) is 0. The fourth-order valence-electron chi connectivity index (χ4n) is 0. The number of hydrogen-bond acceptors (Lipinski definition) is 0. The molecule has 26 valence electrons. The number of hydrogen-bond donors (Lipinski definition) is 0. The summed E-state index contributed by atoms with van der Waals surface area (Å²) in [6.07, 6.45) is 0. The maximum atomic E-state index is 2.23. The molecule has 0 N–H and O–H groups in total. The molecule has 0 aliphatic heterocycles. The van der Waals surface area contributed by atoms with Gasteiger partial charge in [0.1, 0.15) is 0 Å². The van der Waals surface area contributed by atoms with E-state index in [2.05, 4.69) is 20.0 Å². The van der Waals surface area contributed by atoms with Crippen LogP contribution in [-0.2, 0) is 0 Å². The fourth-order valence-corrected chi connectivity index (χ4v) is 0. The second-order valence-electron chi connectivity index (χ2n) is 1.34. The van der Waals surface area contributed by atoms with Crippen molar-refractivity contribution in [3.63, 3.8) is 0 Å². The Morgan fingerprint density at radius 3 is 1.00 bits per heavy atom. The van der Waals surface area contributed by atoms with E-state index in [0.29, 0.717) is 7.92 Å². The molecule has 0 aliphatic rings. The predicted octanol–water partition coefficient (Wildman–Crippen LogP) is 0.977. The van der Waals surface area contributed by atoms with Gasteiger partial charge >= 0.3 is 17.4 Å². The Morgan fingerprint density at radius 1 is 1.00 bits per heavy atom. The van der Waals surface area contributed by atoms with Gasteiger partial charge in [0.25, 0.3) is 0 Å². The van der Waals surface area contributed by atoms with E-state index in [0.717, 1.165) is 0 Å². The minimum Gasteiger partial charge on any atom is -0.116 e. The smallest absolute Gasteiger partial charge is 0.116 e. The molecule has 0 nitrogen and oxygen atoms in total. The SMILES string of the molecule is CP(C)C.[Al+3]. The first kappa shape index (κ1) is 9.35. The second kappa shape index (κ2) is 4.96. The molecule has 0 amide bonds. The van der Waals surface area contributed by atoms with E-state index >= 15 is 0 Å². The van der Waals surface area contributed by atoms with Crippen LogP contribution in [0.25, 0.3) is 0 Å². The summed E-state index contributed by atoms with van der Waals surface area (Å²) >= 11 is 0. The maximum Gasteiger partial charge on any atom is 3.00 e. The Bertz CT molecular complexity index is 11.6. The molecule has 0 aromatic carbocycles. The molecule has 0 heterocycles. The van der Waals surface area contributed by atoms with Gasteiger partial charge in [-0.3, -0.25) is 0 Å². The maximum absolute atomic E-state index is 2.23. The van der Waals surface area contributed by atoms with E-state index < -0.39 is 0 Å². The Morgan fingerprint density at radius 2 is 1.00 bits per heavy atom. The molecule has 0 saturated heterocycles. The van der Waals surface area contributed by atoms with Crippen molar-refractivity contribution >= 4 is 25.3 Å². The Kier molecular flexibility index (Phi) is 9.28. The molecule has 0 radical (unpaired) electrons. The summed E-state index contributed by atoms with van der Waals surface area (Å²) in [7, 11) is 0.380. The van der Waals surface area contributed by atoms with E-state index in [1.54, 1.807) is 0 Å². The van der Waals surface area contributed by atoms with Gasteiger partial charge in [-0.2, -0.15) is 0 Å². The van der Waals surface area contributed by atoms with Gasteiger partial charge in [-0.25, -0.2) is 0 Å². The Labute approximate surface area is 45.8 Å². The standard InChI is InChI=1S/C3H9P.Al/c1-4(2)3;/h1-3H3;/q;+3. The van der Waals surface area contributed by atoms with Crippen LogP contribution in [0.4, 0.5) is 0 Å². The molecule has 0 saturated carbocycles. The van der Waals surface area contributed by atoms with E-state index in [1.165, 1.54) is 0 Å². The van der Waals surface area contributed by atoms with Gasteiger partial charge < -0.3 is 0 Å². The minimum absolute atomic E-state index is 0. The number of rotatable bonds is 0. The van der Waals surface area contributed by atoms with Crippen molar-refractivity contribution in [2.75, 3.05) is 20.0 Å². The van der Waals surface area contributed by atoms with E-state index in [-0.39, 0.29) is 17.4 Å². The van der Waals surface area contributed by atoms with Gasteiger partial charge in [-0.05, 0) is 20.0 Å². The first-order chi connectivity index (χ1) is 1.73. The molecule has 0 aromatic heterocycles. The van der Waals surface area contributed by atoms with Gasteiger partial charge in [0.15, 0.2) is 0 Å². The molecule has 0 bridgehead atoms. The zero-order valence-corrected chi connectivity index (χ0v) is 6.07. The molecule has 0 aromatic rings. The van der Waals surface area contributed by atoms with Gasteiger partial charge in [-0.1, -0.05) is 0 Å². The summed E-state index contributed by atoms with van der Waals surface area (Å²) in [6.45, 7) is 6.69. The van der Waals surface area contributed by atoms with Crippen LogP contribution < -0.4 is 0 Å². The Balaban J connectivity index is 0. The average Bonchev–Trinajstić information content (AvgIpc) is 0.811. The van der Waals surface area contributed by atoms with Crippen molar-refractivity contribution in [2.45, 2.75) is 0 Å². The van der Waals surface area contributed by atoms with E-state index in [9.17, 15) is 0 Å². The molecule has 0 spiro atoms. The van der Waals surface area contributed by atoms with Crippen molar-refractivity contribution in [3.05, 3.63) is 0 Å². The summed E-state index contributed by atoms with van der Waals surface area (Å²) in [5, 5.41) is 0. The van der Waals surface area contributed by atoms with Crippen molar-refractivity contribution in [1.29, 1.82) is 0 Å². The first-order valence-electron chi connectivity index (χ1n) is 1.34. The molecular formula is C3H9AlP+3. The van der Waals surface area contributed by atoms with Crippen LogP contribution in [0.2, 0.25) is 0 Å². The average molecular weight is 103 g/mol. The van der Waals surface area contributed by atoms with Crippen LogP contribution in [-0.4, -0.2) is 37.4 Å². The summed E-state index contributed by atoms with van der Waals surface area (Å²) in [4.78, 5) is 0. The van der Waals surface area contributed by atoms with Crippen molar-refractivity contribution in [1.82, 2.24) is 0 Å². The van der Waals surface area contributed by atoms with E-state index in [4.69, 9.17) is 0 Å². The third-order valence-electron chi connectivity index (χ3n) is 0. The topological polar surface area (TPSA) is 0 Å². The quantitative estimate of drug-likeness (QED) is 0.316. The predicted molar refractivity (Wildman–Crippen MR) is 30.4 cm³/mol. The molecule has 0 aliphatic carbocycles. The normalized spacial score (nSPS) is 7.20. The molecule has 2 heteroatoms. The van der Waals surface area contributed by atoms with Crippen LogP contribution in [0.1, 0.15) is 0 Å². The van der Waals surface area contributed by atoms with Crippen LogP contribution in [0.5, 0.6) is 0 Å². The van der Waals surface area contributed by atoms with Crippen LogP contribution in [0, 0.1) is 0 Å². The molecule has 0 atom stereocenters. The zero-order valence-electron chi connectivity index (χ0n) is 4.02. The minimum atomic E-state index is 0. The molecule has 0 unspecified atom stereocenters. The monoisotopic (exact) mass is 103 g/mol. The van der Waals surface area contributed by atoms with Crippen molar-refractivity contribution in [2.24, 2.45) is 0 Å². The van der Waals surface area contributed by atoms with Gasteiger partial charge in [0.2, 0.25) is 0 Å². The van der Waals surface area contributed by atoms with Gasteiger partial charge in [0, 0.05) is 0 Å². The molecule has 0 fully saturated rings. The van der Waals surface area contributed by atoms with Gasteiger partial charge in [0.05, 0.1) is 0 Å². The Hall–Kier alpha value is 0.962. The molecule has 0 rings (SSSR count). The first-order valence-corrected chi connectivity index (χ1v) is 4.02. The van der Waals surface area contributed by atoms with Crippen molar-refractivity contribution in [3.8, 4) is 0 Å². The third kappa shape index (κ3) is 47.0. The molecule has 5 heavy (non-hydrogen) atoms. The second-order valence-corrected chi connectivity index (χ2v) is 4.02. The van der Waals surface area contributed by atoms with Crippen molar-refractivity contribution < 1.29 is 0 Å². The van der Waals surface area contributed by atoms with Crippen LogP contribution >= 0.6 is 7.92 Å². The summed E-state index contributed by atoms with van der Waals surface area (Å²) < 4.78 is 0. The summed E-state index contributed by atoms with van der Waals surface area (Å²) in [5.74, 6) is 0. The summed E-state index contributed by atoms with van der Waals surface area (Å²) in [5.41, 5.74) is 0. The van der Waals surface area contributed by atoms with Crippen LogP contribution in [0.15, 0.2) is 0 Å². The van der Waals surface area contributed by atoms with Gasteiger partial charge in [-0.15, -0.1) is 7.92 Å². The zero-order chi connectivity index (χ0) is 3.58. The third-order valence-corrected chi connectivity index (χ3v) is 0. The molecular weight excluding hydrogens is 94.0 g/mol. The largest absolute Gasteiger partial charge is 3.00 e.